The zero-order valence-corrected chi connectivity index (χ0v) is 79.7. The third-order valence-corrected chi connectivity index (χ3v) is 23.8. The van der Waals surface area contributed by atoms with Crippen LogP contribution in [0.2, 0.25) is 0 Å². The predicted octanol–water partition coefficient (Wildman–Crippen LogP) is 15.3. The first-order valence-corrected chi connectivity index (χ1v) is 45.3. The Balaban J connectivity index is 0.000000276. The number of likely N-dealkylation sites (N-methyl/N-ethyl adjacent to an activating group) is 3. The molecule has 120 heavy (non-hydrogen) atoms. The summed E-state index contributed by atoms with van der Waals surface area (Å²) in [4.78, 5) is 35.3. The number of alkyl halides is 2. The first-order valence-electron chi connectivity index (χ1n) is 44.3. The van der Waals surface area contributed by atoms with E-state index in [2.05, 4.69) is 272 Å². The quantitative estimate of drug-likeness (QED) is 0.0142. The van der Waals surface area contributed by atoms with Crippen LogP contribution in [0, 0.1) is 29.6 Å². The number of hydrogen-bond acceptors (Lipinski definition) is 17. The molecule has 0 saturated carbocycles. The van der Waals surface area contributed by atoms with Crippen molar-refractivity contribution in [1.29, 1.82) is 0 Å². The highest BCUT2D eigenvalue weighted by atomic mass is 35.5. The van der Waals surface area contributed by atoms with Crippen LogP contribution in [0.25, 0.3) is 0 Å². The largest absolute Gasteiger partial charge is 0.444 e. The number of nitrogens with two attached hydrogens (primary N) is 1. The van der Waals surface area contributed by atoms with Gasteiger partial charge in [-0.25, -0.2) is 4.79 Å². The third-order valence-electron chi connectivity index (χ3n) is 23.2. The van der Waals surface area contributed by atoms with Gasteiger partial charge in [-0.05, 0) is 228 Å². The number of halogens is 2. The Morgan fingerprint density at radius 2 is 0.908 bits per heavy atom. The number of H-pyrrole nitrogens is 3. The molecular weight excluding hydrogens is 1550 g/mol. The monoisotopic (exact) mass is 1710 g/mol. The van der Waals surface area contributed by atoms with Crippen molar-refractivity contribution in [2.45, 2.75) is 342 Å². The number of aryl methyl sites for hydroxylation is 3. The van der Waals surface area contributed by atoms with E-state index in [1.165, 1.54) is 80.5 Å². The number of nitrogens with zero attached hydrogens (tertiary/aromatic N) is 3. The summed E-state index contributed by atoms with van der Waals surface area (Å²) in [5, 5.41) is 76.4. The fraction of sp³-hybridized carbons (Fsp3) is 0.688. The molecule has 1 fully saturated rings. The molecule has 6 aromatic rings. The maximum absolute atomic E-state index is 12.5. The zero-order chi connectivity index (χ0) is 89.9. The average molecular weight is 1710 g/mol. The lowest BCUT2D eigenvalue weighted by atomic mass is 9.74. The third kappa shape index (κ3) is 34.1. The summed E-state index contributed by atoms with van der Waals surface area (Å²) in [6.07, 6.45) is 16.3. The van der Waals surface area contributed by atoms with E-state index >= 15 is 0 Å². The van der Waals surface area contributed by atoms with Crippen LogP contribution < -0.4 is 43.0 Å². The highest BCUT2D eigenvalue weighted by Gasteiger charge is 2.42. The number of alkyl carbamates (subject to hydrolysis) is 1. The molecule has 10 rings (SSSR count). The fourth-order valence-electron chi connectivity index (χ4n) is 16.1. The molecular formula is C96H160Cl2N14O8. The molecule has 3 unspecified atom stereocenters. The molecule has 4 heterocycles. The molecule has 22 nitrogen and oxygen atoms in total. The molecule has 1 aliphatic heterocycles. The Labute approximate surface area is 732 Å². The van der Waals surface area contributed by atoms with E-state index in [9.17, 15) is 29.7 Å². The number of aromatic nitrogens is 6. The Bertz CT molecular complexity index is 4000. The summed E-state index contributed by atoms with van der Waals surface area (Å²) in [7, 11) is 5.65. The van der Waals surface area contributed by atoms with Crippen molar-refractivity contribution >= 4 is 41.0 Å². The number of carbonyl (C=O) groups excluding carboxylic acids is 3. The number of Topliss-reactive ketones (excluding diaryl/α,β-unsaturated/α-hetero) is 1. The van der Waals surface area contributed by atoms with Crippen LogP contribution in [0.3, 0.4) is 0 Å². The topological polar surface area (TPSA) is 330 Å². The van der Waals surface area contributed by atoms with E-state index in [4.69, 9.17) is 38.4 Å². The highest BCUT2D eigenvalue weighted by Crippen LogP contribution is 2.41. The smallest absolute Gasteiger partial charge is 0.407 e. The predicted molar refractivity (Wildman–Crippen MR) is 493 cm³/mol. The molecule has 12 atom stereocenters. The molecule has 2 amide bonds. The van der Waals surface area contributed by atoms with E-state index < -0.39 is 36.0 Å². The van der Waals surface area contributed by atoms with Crippen molar-refractivity contribution in [3.63, 3.8) is 0 Å². The number of amides is 2. The van der Waals surface area contributed by atoms with Crippen LogP contribution in [-0.4, -0.2) is 177 Å². The van der Waals surface area contributed by atoms with Crippen LogP contribution in [0.15, 0.2) is 91.4 Å². The van der Waals surface area contributed by atoms with Gasteiger partial charge in [0.1, 0.15) is 5.60 Å². The van der Waals surface area contributed by atoms with Gasteiger partial charge in [0.15, 0.2) is 5.78 Å². The SMILES string of the molecule is CC(=O)N[C@@H](CC(C)C)[C@H](O)CNC1(c2cccc(C(C)(C)C)c2)CCc2[nH]ncc2C1.CC(C)(C)c1cccc(C2(N)CCc3[nH]ncc3C2)c1.CC(C)C[C@H](NC(=O)OC(C)(C)C)[C@H](O)CNC1(c2cccc(C(C)(C)C)c2)CCc2[nH]ncc2C1.CN[C@@H](CC(C)C)C(=O)CCl.CN[C@@H](CC(C)C)[C@H](O)CCl.CN[C@@H](CC(C)C)[C@H]1CO1. The van der Waals surface area contributed by atoms with Gasteiger partial charge in [0.25, 0.3) is 0 Å². The summed E-state index contributed by atoms with van der Waals surface area (Å²) in [5.74, 6) is 2.95. The van der Waals surface area contributed by atoms with E-state index in [1.807, 2.05) is 53.5 Å². The molecule has 4 aliphatic rings. The van der Waals surface area contributed by atoms with Crippen molar-refractivity contribution < 1.29 is 39.2 Å². The minimum atomic E-state index is -0.770. The second-order valence-corrected chi connectivity index (χ2v) is 41.0. The van der Waals surface area contributed by atoms with Gasteiger partial charge in [-0.1, -0.05) is 204 Å². The maximum Gasteiger partial charge on any atom is 0.407 e. The minimum absolute atomic E-state index is 0.0336. The van der Waals surface area contributed by atoms with Gasteiger partial charge in [-0.2, -0.15) is 15.3 Å². The summed E-state index contributed by atoms with van der Waals surface area (Å²) >= 11 is 10.9. The van der Waals surface area contributed by atoms with Crippen LogP contribution in [-0.2, 0) is 90.4 Å². The number of aliphatic hydroxyl groups is 3. The van der Waals surface area contributed by atoms with Crippen molar-refractivity contribution in [3.05, 3.63) is 159 Å². The second kappa shape index (κ2) is 47.8. The normalized spacial score (nSPS) is 20.3. The lowest BCUT2D eigenvalue weighted by Crippen LogP contribution is -2.54. The summed E-state index contributed by atoms with van der Waals surface area (Å²) in [6.45, 7) is 50.1. The molecule has 0 bridgehead atoms. The second-order valence-electron chi connectivity index (χ2n) is 40.4. The van der Waals surface area contributed by atoms with Gasteiger partial charge >= 0.3 is 6.09 Å². The number of aromatic amines is 3. The first kappa shape index (κ1) is 104. The standard InChI is InChI=1S/C29H46N4O3.C26H40N4O2.C17H23N3.C8H18ClNO.C8H16ClNO.C8H17NO/c1-19(2)14-24(32-26(35)36-28(6,7)8)25(34)18-30-29(13-12-23-20(16-29)17-31-33-23)22-11-9-10-21(15-22)27(3,4)5;1-17(2)12-23(29-18(3)31)24(32)16-27-26(11-10-22-19(14-26)15-28-30-22)21-9-7-8-20(13-21)25(4,5)6;1-16(2,3)13-5-4-6-14(9-13)17(18)8-7-15-12(10-17)11-19-20-15;2*1-6(2)4-7(10-3)8(11)5-9;1-6(2)4-7(9-3)8-5-10-8/h9-11,15,17,19,24-25,30,34H,12-14,16,18H2,1-8H3,(H,31,33)(H,32,35);7-9,13,15,17,23-24,27,32H,10-12,14,16H2,1-6H3,(H,28,30)(H,29,31);4-6,9,11H,7-8,10,18H2,1-3H3,(H,19,20);6-8,10-11H,4-5H2,1-3H3;6-7,10H,4-5H2,1-3H3;6-9H,4-5H2,1-3H3/t24-,25+,29?;23-,24+,26?;;7-,8+;7-;7-,8+/m00.000/s1. The fourth-order valence-corrected chi connectivity index (χ4v) is 16.5. The van der Waals surface area contributed by atoms with Crippen molar-refractivity contribution in [2.75, 3.05) is 52.6 Å². The van der Waals surface area contributed by atoms with Crippen LogP contribution in [0.4, 0.5) is 4.79 Å². The van der Waals surface area contributed by atoms with E-state index in [0.29, 0.717) is 61.2 Å². The zero-order valence-electron chi connectivity index (χ0n) is 78.2. The summed E-state index contributed by atoms with van der Waals surface area (Å²) in [5.41, 5.74) is 20.4. The molecule has 0 spiro atoms. The van der Waals surface area contributed by atoms with Crippen molar-refractivity contribution in [3.8, 4) is 0 Å². The summed E-state index contributed by atoms with van der Waals surface area (Å²) < 4.78 is 10.7. The van der Waals surface area contributed by atoms with Crippen LogP contribution in [0.5, 0.6) is 0 Å². The maximum atomic E-state index is 12.5. The Morgan fingerprint density at radius 1 is 0.525 bits per heavy atom. The Hall–Kier alpha value is -6.12. The van der Waals surface area contributed by atoms with E-state index in [0.717, 1.165) is 89.6 Å². The lowest BCUT2D eigenvalue weighted by Gasteiger charge is -2.40. The minimum Gasteiger partial charge on any atom is -0.444 e. The van der Waals surface area contributed by atoms with Gasteiger partial charge < -0.3 is 67.7 Å². The van der Waals surface area contributed by atoms with Crippen LogP contribution >= 0.6 is 23.2 Å². The Kier molecular flexibility index (Phi) is 41.6. The molecule has 0 radical (unpaired) electrons. The van der Waals surface area contributed by atoms with Gasteiger partial charge in [-0.3, -0.25) is 24.9 Å². The average Bonchev–Trinajstić information content (AvgIpc) is 1.46. The number of nitrogens with one attached hydrogen (secondary N) is 10. The number of fused-ring (bicyclic) bond motifs is 3. The Morgan fingerprint density at radius 3 is 1.26 bits per heavy atom. The molecule has 3 aromatic heterocycles. The van der Waals surface area contributed by atoms with E-state index in [1.54, 1.807) is 7.05 Å². The molecule has 3 aromatic carbocycles. The number of ether oxygens (including phenoxy) is 2. The molecule has 676 valence electrons. The van der Waals surface area contributed by atoms with E-state index in [-0.39, 0.29) is 68.6 Å². The van der Waals surface area contributed by atoms with Gasteiger partial charge in [0.05, 0.1) is 73.6 Å². The lowest BCUT2D eigenvalue weighted by molar-refractivity contribution is -0.121. The molecule has 3 aliphatic carbocycles. The van der Waals surface area contributed by atoms with Crippen molar-refractivity contribution in [1.82, 2.24) is 67.8 Å². The van der Waals surface area contributed by atoms with Gasteiger partial charge in [-0.15, -0.1) is 23.2 Å². The number of benzene rings is 3. The number of ketones is 1. The molecule has 1 saturated heterocycles. The van der Waals surface area contributed by atoms with Crippen molar-refractivity contribution in [2.24, 2.45) is 35.3 Å². The number of epoxide rings is 1. The van der Waals surface area contributed by atoms with Crippen LogP contribution in [0.1, 0.15) is 278 Å². The summed E-state index contributed by atoms with van der Waals surface area (Å²) in [6, 6.07) is 26.4. The number of carbonyl (C=O) groups is 3. The number of rotatable bonds is 31. The highest BCUT2D eigenvalue weighted by molar-refractivity contribution is 6.28. The number of aliphatic hydroxyl groups excluding tert-OH is 3. The van der Waals surface area contributed by atoms with Gasteiger partial charge in [0, 0.05) is 71.7 Å². The number of hydrogen-bond donors (Lipinski definition) is 14. The first-order chi connectivity index (χ1) is 56.0. The van der Waals surface area contributed by atoms with Gasteiger partial charge in [0.2, 0.25) is 5.91 Å². The molecule has 15 N–H and O–H groups in total. The molecule has 24 heteroatoms.